The van der Waals surface area contributed by atoms with E-state index < -0.39 is 0 Å². The number of unbranched alkanes of at least 4 members (excludes halogenated alkanes) is 7. The van der Waals surface area contributed by atoms with E-state index in [1.165, 1.54) is 51.4 Å². The second-order valence-corrected chi connectivity index (χ2v) is 3.12. The fraction of sp³-hybridized carbons (Fsp3) is 1.00. The molecule has 0 aromatic rings. The van der Waals surface area contributed by atoms with Gasteiger partial charge < -0.3 is 0 Å². The zero-order chi connectivity index (χ0) is 7.66. The van der Waals surface area contributed by atoms with Crippen LogP contribution in [0.4, 0.5) is 0 Å². The summed E-state index contributed by atoms with van der Waals surface area (Å²) in [5.74, 6) is 0. The van der Waals surface area contributed by atoms with E-state index in [9.17, 15) is 0 Å². The molecule has 0 N–H and O–H groups in total. The Morgan fingerprint density at radius 3 is 1.00 bits per heavy atom. The smallest absolute Gasteiger partial charge is 0.0533 e. The van der Waals surface area contributed by atoms with Gasteiger partial charge in [0.1, 0.15) is 0 Å². The van der Waals surface area contributed by atoms with Crippen LogP contribution in [0.25, 0.3) is 0 Å². The highest BCUT2D eigenvalue weighted by molar-refractivity contribution is 5.85. The fourth-order valence-electron chi connectivity index (χ4n) is 1.21. The van der Waals surface area contributed by atoms with Crippen LogP contribution in [0.3, 0.4) is 0 Å². The lowest BCUT2D eigenvalue weighted by molar-refractivity contribution is 0.585. The van der Waals surface area contributed by atoms with Gasteiger partial charge in [-0.05, 0) is 0 Å². The van der Waals surface area contributed by atoms with Crippen molar-refractivity contribution in [2.75, 3.05) is 0 Å². The van der Waals surface area contributed by atoms with Crippen molar-refractivity contribution in [3.63, 3.8) is 0 Å². The maximum Gasteiger partial charge on any atom is -0.0533 e. The van der Waals surface area contributed by atoms with Gasteiger partial charge in [0.15, 0.2) is 0 Å². The van der Waals surface area contributed by atoms with Crippen LogP contribution in [0, 0.1) is 0 Å². The molecule has 0 saturated heterocycles. The van der Waals surface area contributed by atoms with E-state index in [1.807, 2.05) is 0 Å². The molecule has 0 aliphatic heterocycles. The van der Waals surface area contributed by atoms with Gasteiger partial charge >= 0.3 is 0 Å². The first-order valence-electron chi connectivity index (χ1n) is 4.91. The second-order valence-electron chi connectivity index (χ2n) is 3.12. The van der Waals surface area contributed by atoms with Crippen molar-refractivity contribution in [1.82, 2.24) is 0 Å². The molecule has 0 aliphatic carbocycles. The highest BCUT2D eigenvalue weighted by atomic mass is 35.5. The first-order valence-corrected chi connectivity index (χ1v) is 4.91. The molecule has 0 nitrogen and oxygen atoms in total. The third-order valence-electron chi connectivity index (χ3n) is 1.96. The van der Waals surface area contributed by atoms with Gasteiger partial charge in [-0.15, -0.1) is 24.8 Å². The molecule has 0 atom stereocenters. The molecule has 0 aromatic heterocycles. The molecule has 0 spiro atoms. The van der Waals surface area contributed by atoms with E-state index in [-0.39, 0.29) is 24.8 Å². The molecule has 0 fully saturated rings. The van der Waals surface area contributed by atoms with Crippen LogP contribution in [0.15, 0.2) is 0 Å². The monoisotopic (exact) mass is 214 g/mol. The second kappa shape index (κ2) is 17.6. The van der Waals surface area contributed by atoms with E-state index >= 15 is 0 Å². The number of halogens is 2. The van der Waals surface area contributed by atoms with Crippen LogP contribution in [-0.4, -0.2) is 0 Å². The Morgan fingerprint density at radius 2 is 0.750 bits per heavy atom. The zero-order valence-electron chi connectivity index (χ0n) is 8.47. The maximum absolute atomic E-state index is 2.27. The van der Waals surface area contributed by atoms with Gasteiger partial charge in [0.25, 0.3) is 0 Å². The third kappa shape index (κ3) is 16.9. The van der Waals surface area contributed by atoms with Crippen LogP contribution in [0.5, 0.6) is 0 Å². The Morgan fingerprint density at radius 1 is 0.500 bits per heavy atom. The Labute approximate surface area is 90.3 Å². The summed E-state index contributed by atoms with van der Waals surface area (Å²) in [5.41, 5.74) is 0. The molecule has 0 saturated carbocycles. The van der Waals surface area contributed by atoms with Crippen LogP contribution in [-0.2, 0) is 0 Å². The molecule has 0 aliphatic rings. The van der Waals surface area contributed by atoms with E-state index in [1.54, 1.807) is 0 Å². The summed E-state index contributed by atoms with van der Waals surface area (Å²) in [7, 11) is 0. The van der Waals surface area contributed by atoms with Crippen molar-refractivity contribution >= 4 is 24.8 Å². The number of rotatable bonds is 7. The normalized spacial score (nSPS) is 8.50. The van der Waals surface area contributed by atoms with E-state index in [0.29, 0.717) is 0 Å². The van der Waals surface area contributed by atoms with Crippen molar-refractivity contribution in [2.45, 2.75) is 65.2 Å². The average molecular weight is 215 g/mol. The predicted molar refractivity (Wildman–Crippen MR) is 62.8 cm³/mol. The molecule has 0 unspecified atom stereocenters. The van der Waals surface area contributed by atoms with Gasteiger partial charge in [0, 0.05) is 0 Å². The summed E-state index contributed by atoms with van der Waals surface area (Å²) < 4.78 is 0. The summed E-state index contributed by atoms with van der Waals surface area (Å²) in [4.78, 5) is 0. The van der Waals surface area contributed by atoms with Gasteiger partial charge in [0.05, 0.1) is 0 Å². The average Bonchev–Trinajstić information content (AvgIpc) is 1.97. The van der Waals surface area contributed by atoms with Gasteiger partial charge in [0.2, 0.25) is 0 Å². The molecule has 0 bridgehead atoms. The molecule has 0 radical (unpaired) electrons. The lowest BCUT2D eigenvalue weighted by Gasteiger charge is -1.97. The van der Waals surface area contributed by atoms with Crippen molar-refractivity contribution in [2.24, 2.45) is 0 Å². The van der Waals surface area contributed by atoms with Crippen molar-refractivity contribution in [3.8, 4) is 0 Å². The molecule has 12 heavy (non-hydrogen) atoms. The van der Waals surface area contributed by atoms with Gasteiger partial charge in [-0.2, -0.15) is 0 Å². The van der Waals surface area contributed by atoms with Crippen molar-refractivity contribution in [1.29, 1.82) is 0 Å². The standard InChI is InChI=1S/C10H22.2ClH/c1-3-5-7-9-10-8-6-4-2;;/h3-10H2,1-2H3;2*1H. The van der Waals surface area contributed by atoms with Crippen LogP contribution >= 0.6 is 24.8 Å². The zero-order valence-corrected chi connectivity index (χ0v) is 10.1. The topological polar surface area (TPSA) is 0 Å². The number of hydrogen-bond donors (Lipinski definition) is 0. The summed E-state index contributed by atoms with van der Waals surface area (Å²) in [6, 6.07) is 0. The van der Waals surface area contributed by atoms with E-state index in [4.69, 9.17) is 0 Å². The molecule has 0 rings (SSSR count). The van der Waals surface area contributed by atoms with Crippen LogP contribution in [0.1, 0.15) is 65.2 Å². The minimum absolute atomic E-state index is 0. The quantitative estimate of drug-likeness (QED) is 0.525. The summed E-state index contributed by atoms with van der Waals surface area (Å²) in [5, 5.41) is 0. The van der Waals surface area contributed by atoms with Gasteiger partial charge in [-0.3, -0.25) is 0 Å². The minimum Gasteiger partial charge on any atom is -0.147 e. The largest absolute Gasteiger partial charge is 0.147 e. The van der Waals surface area contributed by atoms with E-state index in [0.717, 1.165) is 0 Å². The molecule has 0 aromatic carbocycles. The molecule has 78 valence electrons. The Hall–Kier alpha value is 0.580. The lowest BCUT2D eigenvalue weighted by atomic mass is 10.1. The highest BCUT2D eigenvalue weighted by Gasteiger charge is 1.87. The van der Waals surface area contributed by atoms with Crippen LogP contribution in [0.2, 0.25) is 0 Å². The molecular formula is C10H24Cl2. The fourth-order valence-corrected chi connectivity index (χ4v) is 1.21. The van der Waals surface area contributed by atoms with E-state index in [2.05, 4.69) is 13.8 Å². The maximum atomic E-state index is 2.27. The molecule has 0 amide bonds. The first-order chi connectivity index (χ1) is 4.91. The summed E-state index contributed by atoms with van der Waals surface area (Å²) in [6.07, 6.45) is 11.5. The Balaban J connectivity index is -0.000000405. The highest BCUT2D eigenvalue weighted by Crippen LogP contribution is 2.07. The predicted octanol–water partition coefficient (Wildman–Crippen LogP) is 4.99. The van der Waals surface area contributed by atoms with Gasteiger partial charge in [-0.1, -0.05) is 65.2 Å². The SMILES string of the molecule is CCCCCCCCCC.Cl.Cl. The van der Waals surface area contributed by atoms with Crippen LogP contribution < -0.4 is 0 Å². The first kappa shape index (κ1) is 18.4. The summed E-state index contributed by atoms with van der Waals surface area (Å²) >= 11 is 0. The molecule has 2 heteroatoms. The lowest BCUT2D eigenvalue weighted by Crippen LogP contribution is -1.77. The molecule has 0 heterocycles. The minimum atomic E-state index is 0. The summed E-state index contributed by atoms with van der Waals surface area (Å²) in [6.45, 7) is 4.54. The van der Waals surface area contributed by atoms with Crippen molar-refractivity contribution in [3.05, 3.63) is 0 Å². The van der Waals surface area contributed by atoms with Gasteiger partial charge in [-0.25, -0.2) is 0 Å². The molecular weight excluding hydrogens is 191 g/mol. The number of hydrogen-bond acceptors (Lipinski definition) is 0. The Kier molecular flexibility index (Phi) is 27.0. The van der Waals surface area contributed by atoms with Crippen molar-refractivity contribution < 1.29 is 0 Å². The Bertz CT molecular complexity index is 47.8. The third-order valence-corrected chi connectivity index (χ3v) is 1.96.